The summed E-state index contributed by atoms with van der Waals surface area (Å²) in [4.78, 5) is 4.23. The van der Waals surface area contributed by atoms with E-state index in [2.05, 4.69) is 15.4 Å². The predicted molar refractivity (Wildman–Crippen MR) is 148 cm³/mol. The number of anilines is 1. The van der Waals surface area contributed by atoms with Crippen LogP contribution in [-0.2, 0) is 16.5 Å². The first-order valence-electron chi connectivity index (χ1n) is 13.6. The number of pyridine rings is 1. The third-order valence-electron chi connectivity index (χ3n) is 7.81. The van der Waals surface area contributed by atoms with Crippen LogP contribution in [0, 0.1) is 17.1 Å². The maximum atomic E-state index is 15.1. The summed E-state index contributed by atoms with van der Waals surface area (Å²) in [5.74, 6) is -0.160. The minimum absolute atomic E-state index is 0.116. The molecular formula is C30H29F4N7O. The zero-order chi connectivity index (χ0) is 29.6. The quantitative estimate of drug-likeness (QED) is 0.0836. The number of amidine groups is 1. The number of benzene rings is 2. The van der Waals surface area contributed by atoms with Gasteiger partial charge >= 0.3 is 6.18 Å². The highest BCUT2D eigenvalue weighted by molar-refractivity contribution is 5.95. The zero-order valence-corrected chi connectivity index (χ0v) is 22.4. The van der Waals surface area contributed by atoms with Gasteiger partial charge in [0.1, 0.15) is 17.8 Å². The summed E-state index contributed by atoms with van der Waals surface area (Å²) in [6, 6.07) is 15.4. The van der Waals surface area contributed by atoms with Gasteiger partial charge in [-0.1, -0.05) is 37.1 Å². The molecule has 2 aliphatic rings. The van der Waals surface area contributed by atoms with Crippen molar-refractivity contribution in [3.8, 4) is 5.69 Å². The Morgan fingerprint density at radius 3 is 2.57 bits per heavy atom. The SMILES string of the molecule is N=C(N)c1cccc(-n2nc(C(F)(F)F)cc2C2OC2Nc2cc(C(N)(CCC3CC3)c3cccnc3)ccc2F)c1. The predicted octanol–water partition coefficient (Wildman–Crippen LogP) is 5.61. The Morgan fingerprint density at radius 2 is 1.88 bits per heavy atom. The first kappa shape index (κ1) is 27.9. The fourth-order valence-electron chi connectivity index (χ4n) is 5.18. The number of nitrogens with two attached hydrogens (primary N) is 2. The molecule has 2 aromatic carbocycles. The number of ether oxygens (including phenoxy) is 1. The van der Waals surface area contributed by atoms with E-state index in [1.54, 1.807) is 42.7 Å². The summed E-state index contributed by atoms with van der Waals surface area (Å²) < 4.78 is 62.8. The van der Waals surface area contributed by atoms with Crippen molar-refractivity contribution in [2.45, 2.75) is 49.7 Å². The number of aromatic nitrogens is 3. The molecule has 3 atom stereocenters. The molecule has 3 unspecified atom stereocenters. The van der Waals surface area contributed by atoms with Crippen LogP contribution in [-0.4, -0.2) is 26.8 Å². The highest BCUT2D eigenvalue weighted by atomic mass is 19.4. The van der Waals surface area contributed by atoms with E-state index in [-0.39, 0.29) is 22.9 Å². The van der Waals surface area contributed by atoms with Crippen molar-refractivity contribution >= 4 is 11.5 Å². The number of nitrogen functional groups attached to an aromatic ring is 1. The Bertz CT molecular complexity index is 1620. The molecule has 8 nitrogen and oxygen atoms in total. The summed E-state index contributed by atoms with van der Waals surface area (Å²) in [5, 5.41) is 14.4. The average molecular weight is 580 g/mol. The van der Waals surface area contributed by atoms with Crippen molar-refractivity contribution in [1.29, 1.82) is 5.41 Å². The Hall–Kier alpha value is -4.29. The minimum Gasteiger partial charge on any atom is -0.384 e. The lowest BCUT2D eigenvalue weighted by atomic mass is 9.80. The molecule has 2 fully saturated rings. The third-order valence-corrected chi connectivity index (χ3v) is 7.81. The number of epoxide rings is 1. The lowest BCUT2D eigenvalue weighted by Crippen LogP contribution is -2.38. The molecule has 1 saturated heterocycles. The van der Waals surface area contributed by atoms with Crippen molar-refractivity contribution < 1.29 is 22.3 Å². The number of nitrogens with zero attached hydrogens (tertiary/aromatic N) is 3. The van der Waals surface area contributed by atoms with E-state index >= 15 is 4.39 Å². The van der Waals surface area contributed by atoms with Gasteiger partial charge in [-0.15, -0.1) is 0 Å². The smallest absolute Gasteiger partial charge is 0.384 e. The summed E-state index contributed by atoms with van der Waals surface area (Å²) in [6.45, 7) is 0. The van der Waals surface area contributed by atoms with Crippen LogP contribution in [0.4, 0.5) is 23.2 Å². The topological polar surface area (TPSA) is 131 Å². The van der Waals surface area contributed by atoms with E-state index < -0.39 is 35.6 Å². The van der Waals surface area contributed by atoms with E-state index in [0.29, 0.717) is 23.5 Å². The van der Waals surface area contributed by atoms with E-state index in [1.165, 1.54) is 25.0 Å². The van der Waals surface area contributed by atoms with Crippen molar-refractivity contribution in [2.75, 3.05) is 5.32 Å². The van der Waals surface area contributed by atoms with Gasteiger partial charge in [0.25, 0.3) is 0 Å². The molecular weight excluding hydrogens is 550 g/mol. The molecule has 4 aromatic rings. The second-order valence-electron chi connectivity index (χ2n) is 10.8. The van der Waals surface area contributed by atoms with Crippen LogP contribution < -0.4 is 16.8 Å². The van der Waals surface area contributed by atoms with E-state index in [0.717, 1.165) is 22.7 Å². The lowest BCUT2D eigenvalue weighted by Gasteiger charge is -2.31. The number of halogens is 4. The summed E-state index contributed by atoms with van der Waals surface area (Å²) in [7, 11) is 0. The van der Waals surface area contributed by atoms with Gasteiger partial charge in [0.15, 0.2) is 11.9 Å². The molecule has 0 bridgehead atoms. The Kier molecular flexibility index (Phi) is 6.98. The van der Waals surface area contributed by atoms with Gasteiger partial charge < -0.3 is 21.5 Å². The number of rotatable bonds is 10. The van der Waals surface area contributed by atoms with Gasteiger partial charge in [-0.05, 0) is 66.3 Å². The molecule has 1 saturated carbocycles. The van der Waals surface area contributed by atoms with Crippen molar-refractivity contribution in [3.63, 3.8) is 0 Å². The molecule has 2 aromatic heterocycles. The van der Waals surface area contributed by atoms with Gasteiger partial charge in [-0.25, -0.2) is 9.07 Å². The van der Waals surface area contributed by atoms with Crippen LogP contribution in [0.2, 0.25) is 0 Å². The monoisotopic (exact) mass is 579 g/mol. The number of nitrogens with one attached hydrogen (secondary N) is 2. The standard InChI is InChI=1S/C30H29F4N7O/c31-22-9-8-19(29(37,11-10-17-6-7-17)20-4-2-12-38-16-20)14-23(22)39-28-26(42-28)24-15-25(30(32,33)34)40-41(24)21-5-1-3-18(13-21)27(35)36/h1-5,8-9,12-17,26,28,39H,6-7,10-11,37H2,(H3,35,36). The van der Waals surface area contributed by atoms with Crippen molar-refractivity contribution in [3.05, 3.63) is 107 Å². The molecule has 1 aliphatic carbocycles. The fourth-order valence-corrected chi connectivity index (χ4v) is 5.18. The molecule has 6 rings (SSSR count). The summed E-state index contributed by atoms with van der Waals surface area (Å²) in [6.07, 6.45) is 0.922. The second kappa shape index (κ2) is 10.5. The van der Waals surface area contributed by atoms with Crippen LogP contribution in [0.5, 0.6) is 0 Å². The average Bonchev–Trinajstić information content (AvgIpc) is 3.90. The molecule has 3 heterocycles. The molecule has 6 N–H and O–H groups in total. The third kappa shape index (κ3) is 5.59. The molecule has 0 spiro atoms. The maximum Gasteiger partial charge on any atom is 0.435 e. The highest BCUT2D eigenvalue weighted by Gasteiger charge is 2.46. The molecule has 42 heavy (non-hydrogen) atoms. The first-order valence-corrected chi connectivity index (χ1v) is 13.6. The minimum atomic E-state index is -4.70. The molecule has 1 aliphatic heterocycles. The van der Waals surface area contributed by atoms with Gasteiger partial charge in [0.05, 0.1) is 22.6 Å². The van der Waals surface area contributed by atoms with Crippen LogP contribution in [0.1, 0.15) is 59.9 Å². The molecule has 0 radical (unpaired) electrons. The summed E-state index contributed by atoms with van der Waals surface area (Å²) >= 11 is 0. The van der Waals surface area contributed by atoms with E-state index in [4.69, 9.17) is 21.6 Å². The maximum absolute atomic E-state index is 15.1. The molecule has 218 valence electrons. The fraction of sp³-hybridized carbons (Fsp3) is 0.300. The largest absolute Gasteiger partial charge is 0.435 e. The molecule has 0 amide bonds. The van der Waals surface area contributed by atoms with Gasteiger partial charge in [0, 0.05) is 18.0 Å². The van der Waals surface area contributed by atoms with Crippen molar-refractivity contribution in [2.24, 2.45) is 17.4 Å². The highest BCUT2D eigenvalue weighted by Crippen LogP contribution is 2.44. The van der Waals surface area contributed by atoms with Crippen LogP contribution >= 0.6 is 0 Å². The molecule has 12 heteroatoms. The first-order chi connectivity index (χ1) is 20.0. The zero-order valence-electron chi connectivity index (χ0n) is 22.4. The van der Waals surface area contributed by atoms with Crippen LogP contribution in [0.25, 0.3) is 5.69 Å². The number of alkyl halides is 3. The van der Waals surface area contributed by atoms with Crippen molar-refractivity contribution in [1.82, 2.24) is 14.8 Å². The Labute approximate surface area is 239 Å². The number of hydrogen-bond acceptors (Lipinski definition) is 6. The van der Waals surface area contributed by atoms with Gasteiger partial charge in [-0.3, -0.25) is 10.4 Å². The normalized spacial score (nSPS) is 19.7. The van der Waals surface area contributed by atoms with Gasteiger partial charge in [-0.2, -0.15) is 18.3 Å². The lowest BCUT2D eigenvalue weighted by molar-refractivity contribution is -0.141. The van der Waals surface area contributed by atoms with E-state index in [9.17, 15) is 13.2 Å². The Morgan fingerprint density at radius 1 is 1.07 bits per heavy atom. The van der Waals surface area contributed by atoms with Crippen LogP contribution in [0.15, 0.2) is 73.1 Å². The van der Waals surface area contributed by atoms with Crippen LogP contribution in [0.3, 0.4) is 0 Å². The second-order valence-corrected chi connectivity index (χ2v) is 10.8. The van der Waals surface area contributed by atoms with Gasteiger partial charge in [0.2, 0.25) is 0 Å². The Balaban J connectivity index is 1.29. The number of hydrogen-bond donors (Lipinski definition) is 4. The summed E-state index contributed by atoms with van der Waals surface area (Å²) in [5.41, 5.74) is 12.9. The van der Waals surface area contributed by atoms with E-state index in [1.807, 2.05) is 12.1 Å².